The maximum Gasteiger partial charge on any atom is 0.167 e. The van der Waals surface area contributed by atoms with Crippen molar-refractivity contribution in [3.63, 3.8) is 0 Å². The molecule has 1 N–H and O–H groups in total. The number of ether oxygens (including phenoxy) is 1. The van der Waals surface area contributed by atoms with E-state index in [-0.39, 0.29) is 6.61 Å². The quantitative estimate of drug-likeness (QED) is 0.134. The molecule has 43 heavy (non-hydrogen) atoms. The molecular formula is C38H49N3O2. The molecule has 0 fully saturated rings. The maximum absolute atomic E-state index is 10.7. The topological polar surface area (TPSA) is 68.1 Å². The molecule has 1 atom stereocenters. The second-order valence-electron chi connectivity index (χ2n) is 12.0. The van der Waals surface area contributed by atoms with E-state index in [2.05, 4.69) is 71.0 Å². The highest BCUT2D eigenvalue weighted by Crippen LogP contribution is 2.32. The summed E-state index contributed by atoms with van der Waals surface area (Å²) < 4.78 is 6.21. The van der Waals surface area contributed by atoms with E-state index < -0.39 is 6.10 Å². The molecule has 1 unspecified atom stereocenters. The van der Waals surface area contributed by atoms with Crippen LogP contribution in [0.2, 0.25) is 0 Å². The first-order valence-corrected chi connectivity index (χ1v) is 16.2. The molecule has 228 valence electrons. The van der Waals surface area contributed by atoms with Gasteiger partial charge in [0, 0.05) is 11.1 Å². The molecule has 0 saturated carbocycles. The van der Waals surface area contributed by atoms with Crippen molar-refractivity contribution >= 4 is 0 Å². The number of hydrogen-bond donors (Lipinski definition) is 1. The van der Waals surface area contributed by atoms with E-state index in [1.54, 1.807) is 0 Å². The van der Waals surface area contributed by atoms with Crippen LogP contribution in [0.1, 0.15) is 93.4 Å². The van der Waals surface area contributed by atoms with Crippen molar-refractivity contribution in [1.82, 2.24) is 15.0 Å². The van der Waals surface area contributed by atoms with Gasteiger partial charge in [0.25, 0.3) is 0 Å². The summed E-state index contributed by atoms with van der Waals surface area (Å²) in [5, 5.41) is 10.7. The smallest absolute Gasteiger partial charge is 0.167 e. The number of aliphatic hydroxyl groups is 1. The van der Waals surface area contributed by atoms with Crippen molar-refractivity contribution in [2.75, 3.05) is 6.61 Å². The average Bonchev–Trinajstić information content (AvgIpc) is 2.99. The van der Waals surface area contributed by atoms with Gasteiger partial charge in [-0.2, -0.15) is 0 Å². The third-order valence-corrected chi connectivity index (χ3v) is 8.08. The number of unbranched alkanes of at least 4 members (excludes halogenated alkanes) is 8. The third kappa shape index (κ3) is 9.46. The van der Waals surface area contributed by atoms with Crippen LogP contribution in [0, 0.1) is 27.7 Å². The number of aromatic nitrogens is 3. The predicted octanol–water partition coefficient (Wildman–Crippen LogP) is 9.77. The summed E-state index contributed by atoms with van der Waals surface area (Å²) in [6.07, 6.45) is 11.6. The summed E-state index contributed by atoms with van der Waals surface area (Å²) in [4.78, 5) is 14.9. The number of nitrogens with zero attached hydrogens (tertiary/aromatic N) is 3. The Kier molecular flexibility index (Phi) is 12.3. The Labute approximate surface area is 258 Å². The molecular weight excluding hydrogens is 530 g/mol. The lowest BCUT2D eigenvalue weighted by Crippen LogP contribution is -2.17. The number of hydrogen-bond acceptors (Lipinski definition) is 5. The average molecular weight is 580 g/mol. The van der Waals surface area contributed by atoms with Gasteiger partial charge in [-0.15, -0.1) is 0 Å². The molecule has 0 saturated heterocycles. The van der Waals surface area contributed by atoms with Crippen LogP contribution < -0.4 is 4.74 Å². The van der Waals surface area contributed by atoms with Gasteiger partial charge in [0.2, 0.25) is 0 Å². The Hall–Kier alpha value is -3.57. The minimum absolute atomic E-state index is 0.243. The zero-order valence-electron chi connectivity index (χ0n) is 26.8. The molecule has 0 amide bonds. The van der Waals surface area contributed by atoms with E-state index in [0.717, 1.165) is 47.1 Å². The van der Waals surface area contributed by atoms with Crippen molar-refractivity contribution in [3.8, 4) is 39.9 Å². The van der Waals surface area contributed by atoms with Crippen molar-refractivity contribution in [3.05, 3.63) is 82.9 Å². The maximum atomic E-state index is 10.7. The van der Waals surface area contributed by atoms with Crippen LogP contribution in [0.3, 0.4) is 0 Å². The summed E-state index contributed by atoms with van der Waals surface area (Å²) in [6, 6.07) is 20.5. The van der Waals surface area contributed by atoms with E-state index in [4.69, 9.17) is 19.7 Å². The molecule has 3 aromatic carbocycles. The van der Waals surface area contributed by atoms with Gasteiger partial charge >= 0.3 is 0 Å². The molecule has 4 rings (SSSR count). The van der Waals surface area contributed by atoms with Crippen LogP contribution in [0.5, 0.6) is 5.75 Å². The molecule has 5 nitrogen and oxygen atoms in total. The molecule has 4 aromatic rings. The van der Waals surface area contributed by atoms with Gasteiger partial charge in [-0.1, -0.05) is 124 Å². The fraction of sp³-hybridized carbons (Fsp3) is 0.447. The van der Waals surface area contributed by atoms with Gasteiger partial charge in [0.05, 0.1) is 11.7 Å². The van der Waals surface area contributed by atoms with Crippen LogP contribution in [-0.4, -0.2) is 32.8 Å². The fourth-order valence-corrected chi connectivity index (χ4v) is 5.60. The van der Waals surface area contributed by atoms with Crippen LogP contribution in [-0.2, 0) is 0 Å². The third-order valence-electron chi connectivity index (χ3n) is 8.08. The molecule has 0 bridgehead atoms. The SMILES string of the molecule is CCCCCCCCCCCC(O)COc1ccccc1-c1nc(-c2ccc(C)cc2C)nc(-c2ccc(C)cc2C)n1. The predicted molar refractivity (Wildman–Crippen MR) is 178 cm³/mol. The summed E-state index contributed by atoms with van der Waals surface area (Å²) in [7, 11) is 0. The first-order valence-electron chi connectivity index (χ1n) is 16.2. The second kappa shape index (κ2) is 16.3. The Bertz CT molecular complexity index is 1400. The van der Waals surface area contributed by atoms with E-state index in [1.807, 2.05) is 24.3 Å². The monoisotopic (exact) mass is 579 g/mol. The lowest BCUT2D eigenvalue weighted by molar-refractivity contribution is 0.0977. The molecule has 0 spiro atoms. The van der Waals surface area contributed by atoms with Crippen LogP contribution in [0.4, 0.5) is 0 Å². The minimum Gasteiger partial charge on any atom is -0.490 e. The Morgan fingerprint density at radius 2 is 1.09 bits per heavy atom. The number of benzene rings is 3. The molecule has 0 aliphatic heterocycles. The van der Waals surface area contributed by atoms with Crippen molar-refractivity contribution in [2.24, 2.45) is 0 Å². The molecule has 0 aliphatic carbocycles. The van der Waals surface area contributed by atoms with Crippen molar-refractivity contribution in [1.29, 1.82) is 0 Å². The summed E-state index contributed by atoms with van der Waals surface area (Å²) in [5.74, 6) is 2.50. The normalized spacial score (nSPS) is 12.0. The van der Waals surface area contributed by atoms with Gasteiger partial charge in [-0.05, 0) is 57.4 Å². The lowest BCUT2D eigenvalue weighted by Gasteiger charge is -2.16. The van der Waals surface area contributed by atoms with E-state index in [0.29, 0.717) is 23.2 Å². The molecule has 1 heterocycles. The Morgan fingerprint density at radius 1 is 0.605 bits per heavy atom. The standard InChI is InChI=1S/C38H49N3O2/c1-6-7-8-9-10-11-12-13-14-17-31(42)26-43-35-19-16-15-18-34(35)38-40-36(32-22-20-27(2)24-29(32)4)39-37(41-38)33-23-21-28(3)25-30(33)5/h15-16,18-25,31,42H,6-14,17,26H2,1-5H3. The molecule has 5 heteroatoms. The van der Waals surface area contributed by atoms with Crippen LogP contribution in [0.25, 0.3) is 34.2 Å². The highest BCUT2D eigenvalue weighted by Gasteiger charge is 2.18. The Morgan fingerprint density at radius 3 is 1.63 bits per heavy atom. The zero-order chi connectivity index (χ0) is 30.6. The van der Waals surface area contributed by atoms with Gasteiger partial charge in [0.15, 0.2) is 17.5 Å². The first-order chi connectivity index (χ1) is 20.9. The number of aryl methyl sites for hydroxylation is 4. The number of rotatable bonds is 16. The van der Waals surface area contributed by atoms with E-state index in [1.165, 1.54) is 56.1 Å². The summed E-state index contributed by atoms with van der Waals surface area (Å²) >= 11 is 0. The van der Waals surface area contributed by atoms with E-state index >= 15 is 0 Å². The van der Waals surface area contributed by atoms with E-state index in [9.17, 15) is 5.11 Å². The molecule has 0 radical (unpaired) electrons. The largest absolute Gasteiger partial charge is 0.490 e. The Balaban J connectivity index is 1.51. The van der Waals surface area contributed by atoms with Crippen LogP contribution >= 0.6 is 0 Å². The van der Waals surface area contributed by atoms with Gasteiger partial charge in [-0.3, -0.25) is 0 Å². The fourth-order valence-electron chi connectivity index (χ4n) is 5.60. The number of aliphatic hydroxyl groups excluding tert-OH is 1. The first kappa shape index (κ1) is 32.3. The van der Waals surface area contributed by atoms with Gasteiger partial charge in [-0.25, -0.2) is 15.0 Å². The summed E-state index contributed by atoms with van der Waals surface area (Å²) in [5.41, 5.74) is 7.39. The van der Waals surface area contributed by atoms with Crippen molar-refractivity contribution in [2.45, 2.75) is 105 Å². The van der Waals surface area contributed by atoms with Crippen molar-refractivity contribution < 1.29 is 9.84 Å². The van der Waals surface area contributed by atoms with Gasteiger partial charge < -0.3 is 9.84 Å². The zero-order valence-corrected chi connectivity index (χ0v) is 26.8. The lowest BCUT2D eigenvalue weighted by atomic mass is 10.0. The number of para-hydroxylation sites is 1. The highest BCUT2D eigenvalue weighted by molar-refractivity contribution is 5.72. The highest BCUT2D eigenvalue weighted by atomic mass is 16.5. The molecule has 1 aromatic heterocycles. The second-order valence-corrected chi connectivity index (χ2v) is 12.0. The minimum atomic E-state index is -0.507. The van der Waals surface area contributed by atoms with Gasteiger partial charge in [0.1, 0.15) is 12.4 Å². The molecule has 0 aliphatic rings. The van der Waals surface area contributed by atoms with Crippen LogP contribution in [0.15, 0.2) is 60.7 Å². The summed E-state index contributed by atoms with van der Waals surface area (Å²) in [6.45, 7) is 10.9.